The Morgan fingerprint density at radius 2 is 1.53 bits per heavy atom. The summed E-state index contributed by atoms with van der Waals surface area (Å²) in [7, 11) is 0. The van der Waals surface area contributed by atoms with Crippen molar-refractivity contribution in [3.63, 3.8) is 0 Å². The van der Waals surface area contributed by atoms with E-state index >= 15 is 0 Å². The number of hydrogen-bond acceptors (Lipinski definition) is 5. The minimum atomic E-state index is -0.991. The van der Waals surface area contributed by atoms with E-state index in [4.69, 9.17) is 14.9 Å². The summed E-state index contributed by atoms with van der Waals surface area (Å²) in [6, 6.07) is 0. The standard InChI is InChI=1S/C6H14O2.C5H10O3.Ti/c1-3-5-7-8-6-4-2;1-3-8-5(7)4(2)6;/h3-6H2,1-2H3;4,6H,3H2,1-2H3;. The normalized spacial score (nSPS) is 10.6. The molecule has 0 heterocycles. The van der Waals surface area contributed by atoms with Gasteiger partial charge in [-0.25, -0.2) is 14.6 Å². The molecule has 0 saturated heterocycles. The SMILES string of the molecule is CCCOOCCC.CCOC(=O)C(C)O.[Ti]. The van der Waals surface area contributed by atoms with Crippen LogP contribution in [0.15, 0.2) is 0 Å². The Bertz CT molecular complexity index is 147. The molecular weight excluding hydrogens is 260 g/mol. The Morgan fingerprint density at radius 1 is 1.12 bits per heavy atom. The Kier molecular flexibility index (Phi) is 24.1. The number of carbonyl (C=O) groups excluding carboxylic acids is 1. The van der Waals surface area contributed by atoms with Crippen molar-refractivity contribution in [2.24, 2.45) is 0 Å². The first-order valence-electron chi connectivity index (χ1n) is 5.69. The number of ether oxygens (including phenoxy) is 1. The van der Waals surface area contributed by atoms with Crippen molar-refractivity contribution < 1.29 is 46.1 Å². The molecule has 0 aromatic rings. The second kappa shape index (κ2) is 18.4. The van der Waals surface area contributed by atoms with Gasteiger partial charge < -0.3 is 9.84 Å². The van der Waals surface area contributed by atoms with Crippen LogP contribution in [0.2, 0.25) is 0 Å². The van der Waals surface area contributed by atoms with Crippen molar-refractivity contribution in [1.29, 1.82) is 0 Å². The minimum absolute atomic E-state index is 0. The van der Waals surface area contributed by atoms with Crippen molar-refractivity contribution in [3.05, 3.63) is 0 Å². The molecule has 0 radical (unpaired) electrons. The number of carbonyl (C=O) groups is 1. The van der Waals surface area contributed by atoms with Crippen molar-refractivity contribution in [2.75, 3.05) is 19.8 Å². The van der Waals surface area contributed by atoms with Crippen LogP contribution in [-0.4, -0.2) is 37.0 Å². The van der Waals surface area contributed by atoms with E-state index in [9.17, 15) is 4.79 Å². The first kappa shape index (κ1) is 22.3. The van der Waals surface area contributed by atoms with Gasteiger partial charge in [0.05, 0.1) is 19.8 Å². The van der Waals surface area contributed by atoms with Crippen LogP contribution in [0.1, 0.15) is 40.5 Å². The number of aliphatic hydroxyl groups excluding tert-OH is 1. The van der Waals surface area contributed by atoms with Crippen molar-refractivity contribution in [2.45, 2.75) is 46.6 Å². The molecule has 102 valence electrons. The number of esters is 1. The molecule has 0 bridgehead atoms. The molecule has 0 aliphatic rings. The third-order valence-electron chi connectivity index (χ3n) is 1.29. The molecule has 1 atom stereocenters. The van der Waals surface area contributed by atoms with E-state index in [1.807, 2.05) is 0 Å². The van der Waals surface area contributed by atoms with Crippen LogP contribution in [-0.2, 0) is 41.0 Å². The third-order valence-corrected chi connectivity index (χ3v) is 1.29. The van der Waals surface area contributed by atoms with E-state index in [0.717, 1.165) is 12.8 Å². The van der Waals surface area contributed by atoms with Crippen LogP contribution >= 0.6 is 0 Å². The number of hydrogen-bond donors (Lipinski definition) is 1. The zero-order valence-corrected chi connectivity index (χ0v) is 12.8. The molecule has 0 aromatic carbocycles. The fraction of sp³-hybridized carbons (Fsp3) is 0.909. The smallest absolute Gasteiger partial charge is 0.334 e. The van der Waals surface area contributed by atoms with Gasteiger partial charge in [0.15, 0.2) is 0 Å². The van der Waals surface area contributed by atoms with Gasteiger partial charge in [-0.2, -0.15) is 0 Å². The molecule has 0 aliphatic heterocycles. The van der Waals surface area contributed by atoms with Gasteiger partial charge in [0.25, 0.3) is 0 Å². The summed E-state index contributed by atoms with van der Waals surface area (Å²) in [6.07, 6.45) is 1.04. The predicted molar refractivity (Wildman–Crippen MR) is 60.8 cm³/mol. The maximum atomic E-state index is 10.3. The molecule has 1 N–H and O–H groups in total. The van der Waals surface area contributed by atoms with Crippen LogP contribution in [0.3, 0.4) is 0 Å². The summed E-state index contributed by atoms with van der Waals surface area (Å²) in [5, 5.41) is 8.48. The van der Waals surface area contributed by atoms with Crippen LogP contribution in [0.5, 0.6) is 0 Å². The summed E-state index contributed by atoms with van der Waals surface area (Å²) in [4.78, 5) is 19.7. The Morgan fingerprint density at radius 3 is 1.71 bits per heavy atom. The molecule has 5 nitrogen and oxygen atoms in total. The maximum absolute atomic E-state index is 10.3. The third kappa shape index (κ3) is 21.8. The van der Waals surface area contributed by atoms with E-state index < -0.39 is 12.1 Å². The van der Waals surface area contributed by atoms with Gasteiger partial charge in [-0.05, 0) is 26.7 Å². The van der Waals surface area contributed by atoms with E-state index in [1.54, 1.807) is 6.92 Å². The Balaban J connectivity index is -0.000000218. The summed E-state index contributed by atoms with van der Waals surface area (Å²) in [6.45, 7) is 8.91. The van der Waals surface area contributed by atoms with Crippen molar-refractivity contribution in [3.8, 4) is 0 Å². The Hall–Kier alpha value is 0.0643. The average Bonchev–Trinajstić information content (AvgIpc) is 2.26. The zero-order valence-electron chi connectivity index (χ0n) is 11.2. The molecule has 0 aromatic heterocycles. The van der Waals surface area contributed by atoms with Gasteiger partial charge in [0.2, 0.25) is 0 Å². The zero-order chi connectivity index (χ0) is 12.8. The maximum Gasteiger partial charge on any atom is 0.334 e. The number of rotatable bonds is 7. The van der Waals surface area contributed by atoms with E-state index in [-0.39, 0.29) is 21.7 Å². The van der Waals surface area contributed by atoms with Gasteiger partial charge >= 0.3 is 5.97 Å². The molecule has 1 unspecified atom stereocenters. The van der Waals surface area contributed by atoms with Gasteiger partial charge in [-0.1, -0.05) is 13.8 Å². The van der Waals surface area contributed by atoms with Crippen molar-refractivity contribution >= 4 is 5.97 Å². The molecule has 17 heavy (non-hydrogen) atoms. The first-order chi connectivity index (χ1) is 7.59. The second-order valence-corrected chi connectivity index (χ2v) is 3.07. The predicted octanol–water partition coefficient (Wildman–Crippen LogP) is 1.68. The Labute approximate surface area is 119 Å². The molecule has 0 fully saturated rings. The first-order valence-corrected chi connectivity index (χ1v) is 5.69. The van der Waals surface area contributed by atoms with E-state index in [1.165, 1.54) is 6.92 Å². The minimum Gasteiger partial charge on any atom is -0.464 e. The van der Waals surface area contributed by atoms with Crippen LogP contribution in [0, 0.1) is 0 Å². The molecule has 0 saturated carbocycles. The molecule has 0 rings (SSSR count). The summed E-state index contributed by atoms with van der Waals surface area (Å²) in [5.41, 5.74) is 0. The molecule has 0 spiro atoms. The average molecular weight is 284 g/mol. The summed E-state index contributed by atoms with van der Waals surface area (Å²) < 4.78 is 4.41. The monoisotopic (exact) mass is 284 g/mol. The van der Waals surface area contributed by atoms with Crippen LogP contribution < -0.4 is 0 Å². The summed E-state index contributed by atoms with van der Waals surface area (Å²) in [5.74, 6) is -0.562. The molecule has 6 heteroatoms. The summed E-state index contributed by atoms with van der Waals surface area (Å²) >= 11 is 0. The van der Waals surface area contributed by atoms with Gasteiger partial charge in [-0.3, -0.25) is 0 Å². The molecular formula is C11H24O5Ti. The van der Waals surface area contributed by atoms with E-state index in [2.05, 4.69) is 18.6 Å². The molecule has 0 aliphatic carbocycles. The van der Waals surface area contributed by atoms with Crippen molar-refractivity contribution in [1.82, 2.24) is 0 Å². The fourth-order valence-corrected chi connectivity index (χ4v) is 0.547. The van der Waals surface area contributed by atoms with E-state index in [0.29, 0.717) is 19.8 Å². The quantitative estimate of drug-likeness (QED) is 0.253. The number of aliphatic hydroxyl groups is 1. The van der Waals surface area contributed by atoms with Gasteiger partial charge in [0.1, 0.15) is 6.10 Å². The topological polar surface area (TPSA) is 65.0 Å². The van der Waals surface area contributed by atoms with Crippen LogP contribution in [0.4, 0.5) is 0 Å². The van der Waals surface area contributed by atoms with Gasteiger partial charge in [0, 0.05) is 21.7 Å². The van der Waals surface area contributed by atoms with Gasteiger partial charge in [-0.15, -0.1) is 0 Å². The fourth-order valence-electron chi connectivity index (χ4n) is 0.547. The van der Waals surface area contributed by atoms with Crippen LogP contribution in [0.25, 0.3) is 0 Å². The molecule has 0 amide bonds. The largest absolute Gasteiger partial charge is 0.464 e. The second-order valence-electron chi connectivity index (χ2n) is 3.07.